The normalized spacial score (nSPS) is 40.5. The average molecular weight is 459 g/mol. The van der Waals surface area contributed by atoms with Crippen LogP contribution in [-0.4, -0.2) is 30.1 Å². The van der Waals surface area contributed by atoms with Gasteiger partial charge >= 0.3 is 5.97 Å². The monoisotopic (exact) mass is 458 g/mol. The number of ether oxygens (including phenoxy) is 1. The molecule has 33 heavy (non-hydrogen) atoms. The number of rotatable bonds is 3. The molecule has 0 heterocycles. The zero-order valence-electron chi connectivity index (χ0n) is 21.2. The molecule has 5 aliphatic rings. The number of aliphatic hydroxyl groups excluding tert-OH is 1. The molecule has 0 spiro atoms. The van der Waals surface area contributed by atoms with Gasteiger partial charge < -0.3 is 9.84 Å². The summed E-state index contributed by atoms with van der Waals surface area (Å²) in [5, 5.41) is 10.4. The molecule has 0 bridgehead atoms. The topological polar surface area (TPSA) is 63.6 Å². The average Bonchev–Trinajstić information content (AvgIpc) is 3.13. The Morgan fingerprint density at radius 1 is 1.00 bits per heavy atom. The van der Waals surface area contributed by atoms with Crippen LogP contribution < -0.4 is 0 Å². The Labute approximate surface area is 200 Å². The minimum absolute atomic E-state index is 0.0550. The van der Waals surface area contributed by atoms with E-state index in [4.69, 9.17) is 0 Å². The van der Waals surface area contributed by atoms with Gasteiger partial charge in [-0.1, -0.05) is 51.5 Å². The van der Waals surface area contributed by atoms with Crippen molar-refractivity contribution in [3.05, 3.63) is 11.6 Å². The lowest BCUT2D eigenvalue weighted by atomic mass is 9.47. The van der Waals surface area contributed by atoms with E-state index in [-0.39, 0.29) is 22.9 Å². The summed E-state index contributed by atoms with van der Waals surface area (Å²) in [4.78, 5) is 22.6. The summed E-state index contributed by atoms with van der Waals surface area (Å²) >= 11 is 0. The van der Waals surface area contributed by atoms with E-state index >= 15 is 0 Å². The molecule has 0 amide bonds. The van der Waals surface area contributed by atoms with Crippen LogP contribution in [-0.2, 0) is 14.3 Å². The van der Waals surface area contributed by atoms with Crippen LogP contribution in [0.1, 0.15) is 110 Å². The molecule has 186 valence electrons. The lowest BCUT2D eigenvalue weighted by molar-refractivity contribution is -0.141. The Bertz CT molecular complexity index is 751. The molecule has 0 saturated heterocycles. The second-order valence-electron chi connectivity index (χ2n) is 12.2. The van der Waals surface area contributed by atoms with Gasteiger partial charge in [-0.3, -0.25) is 9.59 Å². The first-order valence-electron chi connectivity index (χ1n) is 13.8. The number of methoxy groups -OCH3 is 1. The van der Waals surface area contributed by atoms with Gasteiger partial charge in [-0.2, -0.15) is 0 Å². The number of allylic oxidation sites excluding steroid dienone is 1. The van der Waals surface area contributed by atoms with Crippen LogP contribution in [0.25, 0.3) is 0 Å². The predicted octanol–water partition coefficient (Wildman–Crippen LogP) is 6.40. The summed E-state index contributed by atoms with van der Waals surface area (Å²) in [6, 6.07) is 0. The fourth-order valence-electron chi connectivity index (χ4n) is 8.43. The number of carbonyl (C=O) groups is 2. The molecule has 1 N–H and O–H groups in total. The third kappa shape index (κ3) is 4.97. The van der Waals surface area contributed by atoms with Crippen LogP contribution in [0.2, 0.25) is 0 Å². The van der Waals surface area contributed by atoms with Crippen molar-refractivity contribution in [2.24, 2.45) is 34.5 Å². The van der Waals surface area contributed by atoms with E-state index in [1.165, 1.54) is 70.5 Å². The van der Waals surface area contributed by atoms with Crippen LogP contribution in [0.4, 0.5) is 0 Å². The number of carbonyl (C=O) groups excluding carboxylic acids is 2. The van der Waals surface area contributed by atoms with Gasteiger partial charge in [0.2, 0.25) is 0 Å². The van der Waals surface area contributed by atoms with E-state index in [2.05, 4.69) is 18.6 Å². The van der Waals surface area contributed by atoms with Gasteiger partial charge in [-0.25, -0.2) is 0 Å². The first-order chi connectivity index (χ1) is 15.8. The van der Waals surface area contributed by atoms with Gasteiger partial charge in [0.25, 0.3) is 0 Å². The van der Waals surface area contributed by atoms with E-state index < -0.39 is 0 Å². The van der Waals surface area contributed by atoms with Crippen molar-refractivity contribution in [3.8, 4) is 0 Å². The Hall–Kier alpha value is -1.16. The smallest absolute Gasteiger partial charge is 0.305 e. The predicted molar refractivity (Wildman–Crippen MR) is 131 cm³/mol. The minimum Gasteiger partial charge on any atom is -0.469 e. The molecule has 4 fully saturated rings. The molecule has 4 saturated carbocycles. The van der Waals surface area contributed by atoms with Gasteiger partial charge in [0.15, 0.2) is 5.78 Å². The molecule has 5 rings (SSSR count). The van der Waals surface area contributed by atoms with Crippen molar-refractivity contribution in [1.82, 2.24) is 0 Å². The molecule has 5 aliphatic carbocycles. The minimum atomic E-state index is -0.0823. The highest BCUT2D eigenvalue weighted by molar-refractivity contribution is 5.91. The SMILES string of the molecule is COC(=O)CCC1CCCCC1.C[C@]12CC[C@H]3[C@@H](CCC4=CC(=O)CC[C@@]43C)[C@@H]1CC[C@@H]2O. The molecule has 6 atom stereocenters. The van der Waals surface area contributed by atoms with Crippen molar-refractivity contribution in [1.29, 1.82) is 0 Å². The number of ketones is 1. The Morgan fingerprint density at radius 3 is 2.48 bits per heavy atom. The fraction of sp³-hybridized carbons (Fsp3) is 0.862. The van der Waals surface area contributed by atoms with Crippen LogP contribution in [0.15, 0.2) is 11.6 Å². The maximum Gasteiger partial charge on any atom is 0.305 e. The van der Waals surface area contributed by atoms with E-state index in [0.717, 1.165) is 49.9 Å². The number of hydrogen-bond donors (Lipinski definition) is 1. The molecule has 0 radical (unpaired) electrons. The molecular weight excluding hydrogens is 412 g/mol. The van der Waals surface area contributed by atoms with Crippen molar-refractivity contribution in [2.75, 3.05) is 7.11 Å². The standard InChI is InChI=1S/C19H28O2.C10H18O2/c1-18-9-7-13(20)11-12(18)3-4-14-15-5-6-17(21)19(15,2)10-8-16(14)18;1-12-10(11)8-7-9-5-3-2-4-6-9/h11,14-17,21H,3-10H2,1-2H3;9H,2-8H2,1H3/t14-,15-,16-,17-,18-,19-;/m0./s1. The number of aliphatic hydroxyl groups is 1. The Balaban J connectivity index is 0.000000185. The van der Waals surface area contributed by atoms with Crippen LogP contribution >= 0.6 is 0 Å². The Morgan fingerprint density at radius 2 is 1.76 bits per heavy atom. The third-order valence-corrected chi connectivity index (χ3v) is 10.6. The largest absolute Gasteiger partial charge is 0.469 e. The second kappa shape index (κ2) is 10.2. The lowest BCUT2D eigenvalue weighted by Gasteiger charge is -2.57. The summed E-state index contributed by atoms with van der Waals surface area (Å²) in [5.74, 6) is 3.31. The van der Waals surface area contributed by atoms with Gasteiger partial charge in [0.1, 0.15) is 0 Å². The summed E-state index contributed by atoms with van der Waals surface area (Å²) < 4.78 is 4.60. The highest BCUT2D eigenvalue weighted by atomic mass is 16.5. The summed E-state index contributed by atoms with van der Waals surface area (Å²) in [6.45, 7) is 4.76. The lowest BCUT2D eigenvalue weighted by Crippen LogP contribution is -2.51. The summed E-state index contributed by atoms with van der Waals surface area (Å²) in [6.07, 6.45) is 19.1. The highest BCUT2D eigenvalue weighted by Crippen LogP contribution is 2.65. The first kappa shape index (κ1) is 24.9. The number of fused-ring (bicyclic) bond motifs is 5. The van der Waals surface area contributed by atoms with Crippen molar-refractivity contribution >= 4 is 11.8 Å². The molecule has 0 aromatic rings. The first-order valence-corrected chi connectivity index (χ1v) is 13.8. The fourth-order valence-corrected chi connectivity index (χ4v) is 8.43. The van der Waals surface area contributed by atoms with E-state index in [0.29, 0.717) is 18.1 Å². The van der Waals surface area contributed by atoms with Crippen LogP contribution in [0, 0.1) is 34.5 Å². The molecule has 0 aromatic heterocycles. The van der Waals surface area contributed by atoms with E-state index in [1.54, 1.807) is 0 Å². The van der Waals surface area contributed by atoms with E-state index in [1.807, 2.05) is 6.08 Å². The zero-order chi connectivity index (χ0) is 23.6. The molecular formula is C29H46O4. The Kier molecular flexibility index (Phi) is 7.73. The molecule has 4 heteroatoms. The zero-order valence-corrected chi connectivity index (χ0v) is 21.2. The summed E-state index contributed by atoms with van der Waals surface area (Å²) in [5.41, 5.74) is 1.89. The molecule has 0 aliphatic heterocycles. The van der Waals surface area contributed by atoms with Crippen molar-refractivity contribution in [3.63, 3.8) is 0 Å². The third-order valence-electron chi connectivity index (χ3n) is 10.6. The number of esters is 1. The second-order valence-corrected chi connectivity index (χ2v) is 12.2. The van der Waals surface area contributed by atoms with E-state index in [9.17, 15) is 14.7 Å². The molecule has 0 aromatic carbocycles. The maximum absolute atomic E-state index is 11.8. The quantitative estimate of drug-likeness (QED) is 0.497. The summed E-state index contributed by atoms with van der Waals surface area (Å²) in [7, 11) is 1.46. The molecule has 4 nitrogen and oxygen atoms in total. The van der Waals surface area contributed by atoms with Gasteiger partial charge in [-0.05, 0) is 91.9 Å². The molecule has 0 unspecified atom stereocenters. The maximum atomic E-state index is 11.8. The van der Waals surface area contributed by atoms with Gasteiger partial charge in [-0.15, -0.1) is 0 Å². The van der Waals surface area contributed by atoms with Gasteiger partial charge in [0, 0.05) is 12.8 Å². The van der Waals surface area contributed by atoms with Gasteiger partial charge in [0.05, 0.1) is 13.2 Å². The van der Waals surface area contributed by atoms with Crippen LogP contribution in [0.5, 0.6) is 0 Å². The van der Waals surface area contributed by atoms with Crippen molar-refractivity contribution in [2.45, 2.75) is 116 Å². The van der Waals surface area contributed by atoms with Crippen LogP contribution in [0.3, 0.4) is 0 Å². The van der Waals surface area contributed by atoms with Crippen molar-refractivity contribution < 1.29 is 19.4 Å². The number of hydrogen-bond acceptors (Lipinski definition) is 4. The highest BCUT2D eigenvalue weighted by Gasteiger charge is 2.58.